The number of hydrogen-bond acceptors (Lipinski definition) is 4. The molecule has 2 N–H and O–H groups in total. The van der Waals surface area contributed by atoms with Crippen molar-refractivity contribution in [1.29, 1.82) is 0 Å². The minimum Gasteiger partial charge on any atom is -0.334 e. The largest absolute Gasteiger partial charge is 0.334 e. The molecule has 0 saturated carbocycles. The molecular formula is C17H17N3O. The molecule has 0 bridgehead atoms. The molecule has 1 heterocycles. The molecule has 0 aliphatic rings. The molecule has 0 amide bonds. The van der Waals surface area contributed by atoms with Crippen LogP contribution in [0.1, 0.15) is 11.1 Å². The predicted molar refractivity (Wildman–Crippen MR) is 82.7 cm³/mol. The van der Waals surface area contributed by atoms with Gasteiger partial charge in [-0.1, -0.05) is 41.1 Å². The summed E-state index contributed by atoms with van der Waals surface area (Å²) in [6.07, 6.45) is 0.874. The predicted octanol–water partition coefficient (Wildman–Crippen LogP) is 3.21. The summed E-state index contributed by atoms with van der Waals surface area (Å²) in [6.45, 7) is 2.69. The first-order valence-corrected chi connectivity index (χ1v) is 6.96. The van der Waals surface area contributed by atoms with Gasteiger partial charge in [0.2, 0.25) is 5.82 Å². The number of benzene rings is 2. The Labute approximate surface area is 123 Å². The Morgan fingerprint density at radius 3 is 2.57 bits per heavy atom. The second kappa shape index (κ2) is 5.89. The zero-order valence-electron chi connectivity index (χ0n) is 11.9. The lowest BCUT2D eigenvalue weighted by molar-refractivity contribution is 0.432. The van der Waals surface area contributed by atoms with E-state index in [9.17, 15) is 0 Å². The van der Waals surface area contributed by atoms with Crippen molar-refractivity contribution in [2.45, 2.75) is 13.3 Å². The third-order valence-electron chi connectivity index (χ3n) is 3.34. The number of aryl methyl sites for hydroxylation is 1. The molecule has 106 valence electrons. The fourth-order valence-electron chi connectivity index (χ4n) is 2.22. The van der Waals surface area contributed by atoms with Crippen LogP contribution in [0.4, 0.5) is 0 Å². The fraction of sp³-hybridized carbons (Fsp3) is 0.176. The number of rotatable bonds is 4. The Morgan fingerprint density at radius 2 is 1.86 bits per heavy atom. The van der Waals surface area contributed by atoms with E-state index in [1.807, 2.05) is 55.5 Å². The molecule has 4 nitrogen and oxygen atoms in total. The molecule has 21 heavy (non-hydrogen) atoms. The van der Waals surface area contributed by atoms with Crippen molar-refractivity contribution >= 4 is 0 Å². The Hall–Kier alpha value is -2.46. The van der Waals surface area contributed by atoms with Crippen molar-refractivity contribution in [3.05, 3.63) is 59.7 Å². The van der Waals surface area contributed by atoms with E-state index in [0.717, 1.165) is 17.5 Å². The normalized spacial score (nSPS) is 10.8. The van der Waals surface area contributed by atoms with Crippen molar-refractivity contribution in [3.63, 3.8) is 0 Å². The van der Waals surface area contributed by atoms with Crippen LogP contribution in [-0.2, 0) is 6.42 Å². The molecule has 0 aliphatic heterocycles. The molecule has 3 aromatic rings. The highest BCUT2D eigenvalue weighted by Gasteiger charge is 2.10. The lowest BCUT2D eigenvalue weighted by Crippen LogP contribution is -2.02. The summed E-state index contributed by atoms with van der Waals surface area (Å²) in [7, 11) is 0. The zero-order valence-corrected chi connectivity index (χ0v) is 11.9. The molecular weight excluding hydrogens is 262 g/mol. The van der Waals surface area contributed by atoms with E-state index in [1.54, 1.807) is 0 Å². The summed E-state index contributed by atoms with van der Waals surface area (Å²) in [4.78, 5) is 4.47. The van der Waals surface area contributed by atoms with Gasteiger partial charge in [0.25, 0.3) is 5.89 Å². The molecule has 0 saturated heterocycles. The van der Waals surface area contributed by atoms with Crippen LogP contribution in [0, 0.1) is 6.92 Å². The Balaban J connectivity index is 1.87. The van der Waals surface area contributed by atoms with Crippen molar-refractivity contribution in [2.24, 2.45) is 5.73 Å². The first kappa shape index (κ1) is 13.5. The highest BCUT2D eigenvalue weighted by molar-refractivity contribution is 5.60. The Morgan fingerprint density at radius 1 is 1.05 bits per heavy atom. The van der Waals surface area contributed by atoms with Gasteiger partial charge in [-0.05, 0) is 43.7 Å². The number of hydrogen-bond donors (Lipinski definition) is 1. The monoisotopic (exact) mass is 279 g/mol. The summed E-state index contributed by atoms with van der Waals surface area (Å²) in [6, 6.07) is 16.1. The van der Waals surface area contributed by atoms with E-state index in [2.05, 4.69) is 10.1 Å². The Kier molecular flexibility index (Phi) is 3.79. The molecule has 0 radical (unpaired) electrons. The molecule has 3 rings (SSSR count). The van der Waals surface area contributed by atoms with Crippen LogP contribution in [0.3, 0.4) is 0 Å². The van der Waals surface area contributed by atoms with Gasteiger partial charge >= 0.3 is 0 Å². The fourth-order valence-corrected chi connectivity index (χ4v) is 2.22. The van der Waals surface area contributed by atoms with Crippen molar-refractivity contribution in [1.82, 2.24) is 10.1 Å². The van der Waals surface area contributed by atoms with Crippen LogP contribution in [-0.4, -0.2) is 16.7 Å². The van der Waals surface area contributed by atoms with Crippen LogP contribution in [0.5, 0.6) is 0 Å². The van der Waals surface area contributed by atoms with Gasteiger partial charge < -0.3 is 10.3 Å². The number of nitrogens with zero attached hydrogens (tertiary/aromatic N) is 2. The van der Waals surface area contributed by atoms with Crippen LogP contribution in [0.25, 0.3) is 22.8 Å². The van der Waals surface area contributed by atoms with Crippen molar-refractivity contribution < 1.29 is 4.52 Å². The summed E-state index contributed by atoms with van der Waals surface area (Å²) >= 11 is 0. The zero-order chi connectivity index (χ0) is 14.7. The smallest absolute Gasteiger partial charge is 0.258 e. The average Bonchev–Trinajstić information content (AvgIpc) is 2.98. The van der Waals surface area contributed by atoms with E-state index >= 15 is 0 Å². The standard InChI is InChI=1S/C17H17N3O/c1-12-3-2-4-15(11-12)16-19-17(21-20-16)14-7-5-13(6-8-14)9-10-18/h2-8,11H,9-10,18H2,1H3. The SMILES string of the molecule is Cc1cccc(-c2noc(-c3ccc(CCN)cc3)n2)c1. The van der Waals surface area contributed by atoms with Gasteiger partial charge in [-0.3, -0.25) is 0 Å². The quantitative estimate of drug-likeness (QED) is 0.796. The van der Waals surface area contributed by atoms with Gasteiger partial charge in [0.05, 0.1) is 0 Å². The molecule has 0 fully saturated rings. The summed E-state index contributed by atoms with van der Waals surface area (Å²) in [5, 5.41) is 4.06. The highest BCUT2D eigenvalue weighted by Crippen LogP contribution is 2.23. The minimum atomic E-state index is 0.533. The first-order chi connectivity index (χ1) is 10.3. The molecule has 0 spiro atoms. The maximum absolute atomic E-state index is 5.55. The summed E-state index contributed by atoms with van der Waals surface area (Å²) in [5.41, 5.74) is 9.81. The van der Waals surface area contributed by atoms with Crippen LogP contribution in [0.2, 0.25) is 0 Å². The second-order valence-corrected chi connectivity index (χ2v) is 5.03. The molecule has 0 atom stereocenters. The van der Waals surface area contributed by atoms with Crippen LogP contribution < -0.4 is 5.73 Å². The second-order valence-electron chi connectivity index (χ2n) is 5.03. The van der Waals surface area contributed by atoms with Crippen LogP contribution in [0.15, 0.2) is 53.1 Å². The van der Waals surface area contributed by atoms with E-state index in [4.69, 9.17) is 10.3 Å². The van der Waals surface area contributed by atoms with Crippen LogP contribution >= 0.6 is 0 Å². The van der Waals surface area contributed by atoms with Gasteiger partial charge in [0.15, 0.2) is 0 Å². The number of aromatic nitrogens is 2. The van der Waals surface area contributed by atoms with Gasteiger partial charge in [-0.15, -0.1) is 0 Å². The lowest BCUT2D eigenvalue weighted by Gasteiger charge is -1.99. The summed E-state index contributed by atoms with van der Waals surface area (Å²) < 4.78 is 5.36. The molecule has 0 aliphatic carbocycles. The van der Waals surface area contributed by atoms with E-state index < -0.39 is 0 Å². The third-order valence-corrected chi connectivity index (χ3v) is 3.34. The van der Waals surface area contributed by atoms with Gasteiger partial charge in [0, 0.05) is 11.1 Å². The lowest BCUT2D eigenvalue weighted by atomic mass is 10.1. The van der Waals surface area contributed by atoms with Gasteiger partial charge in [-0.25, -0.2) is 0 Å². The van der Waals surface area contributed by atoms with E-state index in [-0.39, 0.29) is 0 Å². The Bertz CT molecular complexity index is 732. The van der Waals surface area contributed by atoms with E-state index in [1.165, 1.54) is 11.1 Å². The third kappa shape index (κ3) is 3.01. The molecule has 2 aromatic carbocycles. The maximum atomic E-state index is 5.55. The first-order valence-electron chi connectivity index (χ1n) is 6.96. The molecule has 1 aromatic heterocycles. The van der Waals surface area contributed by atoms with Crippen molar-refractivity contribution in [3.8, 4) is 22.8 Å². The van der Waals surface area contributed by atoms with Gasteiger partial charge in [-0.2, -0.15) is 4.98 Å². The van der Waals surface area contributed by atoms with Crippen molar-refractivity contribution in [2.75, 3.05) is 6.54 Å². The number of nitrogens with two attached hydrogens (primary N) is 1. The maximum Gasteiger partial charge on any atom is 0.258 e. The van der Waals surface area contributed by atoms with E-state index in [0.29, 0.717) is 18.3 Å². The average molecular weight is 279 g/mol. The summed E-state index contributed by atoms with van der Waals surface area (Å²) in [5.74, 6) is 1.14. The highest BCUT2D eigenvalue weighted by atomic mass is 16.5. The van der Waals surface area contributed by atoms with Gasteiger partial charge in [0.1, 0.15) is 0 Å². The molecule has 0 unspecified atom stereocenters. The molecule has 4 heteroatoms. The minimum absolute atomic E-state index is 0.533. The topological polar surface area (TPSA) is 64.9 Å².